The Kier molecular flexibility index (Phi) is 4.65. The van der Waals surface area contributed by atoms with E-state index in [2.05, 4.69) is 5.32 Å². The fourth-order valence-electron chi connectivity index (χ4n) is 2.97. The fraction of sp³-hybridized carbons (Fsp3) is 0.300. The monoisotopic (exact) mass is 322 g/mol. The lowest BCUT2D eigenvalue weighted by atomic mass is 10.0. The Balaban J connectivity index is 1.63. The number of benzene rings is 2. The van der Waals surface area contributed by atoms with E-state index < -0.39 is 0 Å². The molecule has 4 heteroatoms. The maximum Gasteiger partial charge on any atom is 0.251 e. The highest BCUT2D eigenvalue weighted by Crippen LogP contribution is 2.21. The second-order valence-corrected chi connectivity index (χ2v) is 6.32. The molecule has 24 heavy (non-hydrogen) atoms. The molecule has 1 aliphatic rings. The van der Waals surface area contributed by atoms with Gasteiger partial charge in [0.1, 0.15) is 0 Å². The standard InChI is InChI=1S/C20H22N2O2/c1-14-5-6-15(2)18(12-14)20(24)21-13-16-7-9-17(10-8-16)22-11-3-4-19(22)23/h5-10,12H,3-4,11,13H2,1-2H3,(H,21,24). The zero-order valence-corrected chi connectivity index (χ0v) is 14.1. The number of anilines is 1. The van der Waals surface area contributed by atoms with E-state index in [1.807, 2.05) is 61.2 Å². The van der Waals surface area contributed by atoms with Crippen LogP contribution in [0.2, 0.25) is 0 Å². The summed E-state index contributed by atoms with van der Waals surface area (Å²) in [6.07, 6.45) is 1.56. The predicted octanol–water partition coefficient (Wildman–Crippen LogP) is 3.36. The first-order valence-corrected chi connectivity index (χ1v) is 8.29. The minimum absolute atomic E-state index is 0.0602. The summed E-state index contributed by atoms with van der Waals surface area (Å²) >= 11 is 0. The molecule has 1 heterocycles. The highest BCUT2D eigenvalue weighted by molar-refractivity contribution is 5.96. The lowest BCUT2D eigenvalue weighted by Gasteiger charge is -2.16. The minimum atomic E-state index is -0.0602. The Hall–Kier alpha value is -2.62. The first kappa shape index (κ1) is 16.2. The average molecular weight is 322 g/mol. The van der Waals surface area contributed by atoms with Gasteiger partial charge in [0.2, 0.25) is 5.91 Å². The zero-order valence-electron chi connectivity index (χ0n) is 14.1. The van der Waals surface area contributed by atoms with Crippen molar-refractivity contribution in [1.82, 2.24) is 5.32 Å². The van der Waals surface area contributed by atoms with E-state index in [0.29, 0.717) is 18.5 Å². The summed E-state index contributed by atoms with van der Waals surface area (Å²) in [5.74, 6) is 0.126. The third-order valence-electron chi connectivity index (χ3n) is 4.41. The third kappa shape index (κ3) is 3.48. The lowest BCUT2D eigenvalue weighted by molar-refractivity contribution is -0.117. The Labute approximate surface area is 142 Å². The van der Waals surface area contributed by atoms with E-state index in [0.717, 1.165) is 35.3 Å². The molecule has 0 unspecified atom stereocenters. The van der Waals surface area contributed by atoms with Crippen LogP contribution in [0.15, 0.2) is 42.5 Å². The van der Waals surface area contributed by atoms with Gasteiger partial charge in [-0.15, -0.1) is 0 Å². The van der Waals surface area contributed by atoms with Crippen molar-refractivity contribution >= 4 is 17.5 Å². The van der Waals surface area contributed by atoms with Gasteiger partial charge in [0.05, 0.1) is 0 Å². The van der Waals surface area contributed by atoms with Gasteiger partial charge in [-0.25, -0.2) is 0 Å². The van der Waals surface area contributed by atoms with Gasteiger partial charge in [-0.05, 0) is 49.6 Å². The van der Waals surface area contributed by atoms with E-state index in [1.165, 1.54) is 0 Å². The predicted molar refractivity (Wildman–Crippen MR) is 95.1 cm³/mol. The highest BCUT2D eigenvalue weighted by Gasteiger charge is 2.21. The number of nitrogens with one attached hydrogen (secondary N) is 1. The van der Waals surface area contributed by atoms with Crippen molar-refractivity contribution in [3.63, 3.8) is 0 Å². The molecule has 1 aliphatic heterocycles. The number of carbonyl (C=O) groups is 2. The summed E-state index contributed by atoms with van der Waals surface area (Å²) in [5.41, 5.74) is 4.71. The summed E-state index contributed by atoms with van der Waals surface area (Å²) in [6, 6.07) is 13.7. The fourth-order valence-corrected chi connectivity index (χ4v) is 2.97. The molecule has 2 aromatic rings. The molecule has 0 bridgehead atoms. The maximum atomic E-state index is 12.3. The van der Waals surface area contributed by atoms with E-state index in [4.69, 9.17) is 0 Å². The van der Waals surface area contributed by atoms with Gasteiger partial charge in [0, 0.05) is 30.8 Å². The first-order valence-electron chi connectivity index (χ1n) is 8.29. The van der Waals surface area contributed by atoms with Crippen LogP contribution < -0.4 is 10.2 Å². The normalized spacial score (nSPS) is 14.1. The molecule has 1 saturated heterocycles. The number of rotatable bonds is 4. The van der Waals surface area contributed by atoms with Gasteiger partial charge in [-0.2, -0.15) is 0 Å². The average Bonchev–Trinajstić information content (AvgIpc) is 3.01. The number of aryl methyl sites for hydroxylation is 2. The van der Waals surface area contributed by atoms with Crippen LogP contribution in [0.4, 0.5) is 5.69 Å². The highest BCUT2D eigenvalue weighted by atomic mass is 16.2. The van der Waals surface area contributed by atoms with E-state index in [9.17, 15) is 9.59 Å². The molecule has 1 N–H and O–H groups in total. The molecule has 0 atom stereocenters. The summed E-state index contributed by atoms with van der Waals surface area (Å²) in [4.78, 5) is 25.9. The SMILES string of the molecule is Cc1ccc(C)c(C(=O)NCc2ccc(N3CCCC3=O)cc2)c1. The second kappa shape index (κ2) is 6.87. The van der Waals surface area contributed by atoms with Gasteiger partial charge in [-0.1, -0.05) is 29.8 Å². The molecular formula is C20H22N2O2. The molecular weight excluding hydrogens is 300 g/mol. The number of nitrogens with zero attached hydrogens (tertiary/aromatic N) is 1. The molecule has 1 fully saturated rings. The number of carbonyl (C=O) groups excluding carboxylic acids is 2. The number of amides is 2. The third-order valence-corrected chi connectivity index (χ3v) is 4.41. The number of hydrogen-bond donors (Lipinski definition) is 1. The smallest absolute Gasteiger partial charge is 0.251 e. The van der Waals surface area contributed by atoms with Crippen molar-refractivity contribution in [2.45, 2.75) is 33.2 Å². The van der Waals surface area contributed by atoms with Crippen LogP contribution in [0, 0.1) is 13.8 Å². The summed E-state index contributed by atoms with van der Waals surface area (Å²) < 4.78 is 0. The van der Waals surface area contributed by atoms with Crippen LogP contribution >= 0.6 is 0 Å². The van der Waals surface area contributed by atoms with Gasteiger partial charge in [0.15, 0.2) is 0 Å². The molecule has 0 radical (unpaired) electrons. The molecule has 3 rings (SSSR count). The summed E-state index contributed by atoms with van der Waals surface area (Å²) in [5, 5.41) is 2.96. The van der Waals surface area contributed by atoms with Crippen molar-refractivity contribution in [1.29, 1.82) is 0 Å². The molecule has 2 amide bonds. The van der Waals surface area contributed by atoms with Gasteiger partial charge >= 0.3 is 0 Å². The van der Waals surface area contributed by atoms with E-state index in [1.54, 1.807) is 0 Å². The van der Waals surface area contributed by atoms with Crippen LogP contribution in [-0.4, -0.2) is 18.4 Å². The van der Waals surface area contributed by atoms with Crippen LogP contribution in [0.5, 0.6) is 0 Å². The lowest BCUT2D eigenvalue weighted by Crippen LogP contribution is -2.24. The Morgan fingerprint density at radius 3 is 2.54 bits per heavy atom. The minimum Gasteiger partial charge on any atom is -0.348 e. The van der Waals surface area contributed by atoms with Gasteiger partial charge in [-0.3, -0.25) is 9.59 Å². The van der Waals surface area contributed by atoms with Crippen molar-refractivity contribution in [3.05, 3.63) is 64.7 Å². The summed E-state index contributed by atoms with van der Waals surface area (Å²) in [6.45, 7) is 5.19. The molecule has 2 aromatic carbocycles. The van der Waals surface area contributed by atoms with Crippen molar-refractivity contribution in [3.8, 4) is 0 Å². The quantitative estimate of drug-likeness (QED) is 0.938. The van der Waals surface area contributed by atoms with Gasteiger partial charge < -0.3 is 10.2 Å². The largest absolute Gasteiger partial charge is 0.348 e. The van der Waals surface area contributed by atoms with E-state index >= 15 is 0 Å². The van der Waals surface area contributed by atoms with Crippen molar-refractivity contribution in [2.24, 2.45) is 0 Å². The summed E-state index contributed by atoms with van der Waals surface area (Å²) in [7, 11) is 0. The second-order valence-electron chi connectivity index (χ2n) is 6.32. The van der Waals surface area contributed by atoms with E-state index in [-0.39, 0.29) is 11.8 Å². The molecule has 0 aliphatic carbocycles. The van der Waals surface area contributed by atoms with Gasteiger partial charge in [0.25, 0.3) is 5.91 Å². The molecule has 0 aromatic heterocycles. The molecule has 4 nitrogen and oxygen atoms in total. The Bertz CT molecular complexity index is 766. The Morgan fingerprint density at radius 1 is 1.12 bits per heavy atom. The van der Waals surface area contributed by atoms with Crippen LogP contribution in [-0.2, 0) is 11.3 Å². The van der Waals surface area contributed by atoms with Crippen LogP contribution in [0.1, 0.15) is 39.9 Å². The Morgan fingerprint density at radius 2 is 1.88 bits per heavy atom. The van der Waals surface area contributed by atoms with Crippen molar-refractivity contribution < 1.29 is 9.59 Å². The molecule has 0 spiro atoms. The molecule has 0 saturated carbocycles. The number of hydrogen-bond acceptors (Lipinski definition) is 2. The van der Waals surface area contributed by atoms with Crippen molar-refractivity contribution in [2.75, 3.05) is 11.4 Å². The maximum absolute atomic E-state index is 12.3. The topological polar surface area (TPSA) is 49.4 Å². The van der Waals surface area contributed by atoms with Crippen LogP contribution in [0.3, 0.4) is 0 Å². The molecule has 124 valence electrons. The first-order chi connectivity index (χ1) is 11.5. The van der Waals surface area contributed by atoms with Crippen LogP contribution in [0.25, 0.3) is 0 Å². The zero-order chi connectivity index (χ0) is 17.1.